The lowest BCUT2D eigenvalue weighted by Crippen LogP contribution is -2.09. The zero-order chi connectivity index (χ0) is 23.1. The number of anilines is 1. The van der Waals surface area contributed by atoms with E-state index >= 15 is 0 Å². The quantitative estimate of drug-likeness (QED) is 0.301. The molecule has 0 fully saturated rings. The number of hydrogen-bond donors (Lipinski definition) is 1. The van der Waals surface area contributed by atoms with Crippen LogP contribution < -0.4 is 14.8 Å². The summed E-state index contributed by atoms with van der Waals surface area (Å²) in [5.41, 5.74) is 3.15. The third kappa shape index (κ3) is 6.28. The van der Waals surface area contributed by atoms with Gasteiger partial charge in [-0.05, 0) is 77.3 Å². The highest BCUT2D eigenvalue weighted by atomic mass is 79.9. The second-order valence-corrected chi connectivity index (χ2v) is 8.55. The summed E-state index contributed by atoms with van der Waals surface area (Å²) in [6.07, 6.45) is 3.17. The van der Waals surface area contributed by atoms with E-state index in [1.54, 1.807) is 18.2 Å². The lowest BCUT2D eigenvalue weighted by Gasteiger charge is -2.15. The average molecular weight is 535 g/mol. The van der Waals surface area contributed by atoms with Gasteiger partial charge in [0.15, 0.2) is 11.5 Å². The van der Waals surface area contributed by atoms with Crippen molar-refractivity contribution in [2.24, 2.45) is 0 Å². The van der Waals surface area contributed by atoms with Crippen LogP contribution in [0.1, 0.15) is 23.6 Å². The van der Waals surface area contributed by atoms with Gasteiger partial charge in [-0.25, -0.2) is 0 Å². The molecule has 0 atom stereocenters. The zero-order valence-corrected chi connectivity index (χ0v) is 20.7. The molecule has 0 radical (unpaired) electrons. The summed E-state index contributed by atoms with van der Waals surface area (Å²) in [6, 6.07) is 16.6. The second-order valence-electron chi connectivity index (χ2n) is 6.88. The molecule has 4 nitrogen and oxygen atoms in total. The Labute approximate surface area is 206 Å². The minimum atomic E-state index is -0.261. The van der Waals surface area contributed by atoms with E-state index in [-0.39, 0.29) is 5.91 Å². The standard InChI is InChI=1S/C25H22BrCl2NO3/c1-3-31-23-14-17(11-12-24(30)29-22-10-6-9-20(27)16(22)2)13-19(26)25(23)32-15-18-7-4-5-8-21(18)28/h4-14H,3,15H2,1-2H3,(H,29,30)/b12-11+. The lowest BCUT2D eigenvalue weighted by atomic mass is 10.1. The SMILES string of the molecule is CCOc1cc(/C=C/C(=O)Nc2cccc(Cl)c2C)cc(Br)c1OCc1ccccc1Cl. The molecule has 166 valence electrons. The molecule has 3 rings (SSSR count). The van der Waals surface area contributed by atoms with Crippen molar-refractivity contribution < 1.29 is 14.3 Å². The van der Waals surface area contributed by atoms with Gasteiger partial charge in [-0.2, -0.15) is 0 Å². The van der Waals surface area contributed by atoms with E-state index < -0.39 is 0 Å². The topological polar surface area (TPSA) is 47.6 Å². The third-order valence-electron chi connectivity index (χ3n) is 4.61. The Balaban J connectivity index is 1.76. The van der Waals surface area contributed by atoms with Gasteiger partial charge in [0.05, 0.1) is 11.1 Å². The highest BCUT2D eigenvalue weighted by Crippen LogP contribution is 2.38. The predicted molar refractivity (Wildman–Crippen MR) is 135 cm³/mol. The molecule has 7 heteroatoms. The van der Waals surface area contributed by atoms with E-state index in [9.17, 15) is 4.79 Å². The molecule has 0 saturated carbocycles. The molecule has 0 aliphatic rings. The van der Waals surface area contributed by atoms with Gasteiger partial charge in [-0.1, -0.05) is 47.5 Å². The normalized spacial score (nSPS) is 10.9. The van der Waals surface area contributed by atoms with Crippen LogP contribution in [-0.4, -0.2) is 12.5 Å². The molecule has 0 aromatic heterocycles. The van der Waals surface area contributed by atoms with E-state index in [4.69, 9.17) is 32.7 Å². The van der Waals surface area contributed by atoms with Gasteiger partial charge < -0.3 is 14.8 Å². The van der Waals surface area contributed by atoms with Crippen molar-refractivity contribution in [2.75, 3.05) is 11.9 Å². The van der Waals surface area contributed by atoms with E-state index in [0.29, 0.717) is 44.9 Å². The molecule has 3 aromatic carbocycles. The second kappa shape index (κ2) is 11.4. The van der Waals surface area contributed by atoms with Crippen molar-refractivity contribution in [3.63, 3.8) is 0 Å². The smallest absolute Gasteiger partial charge is 0.248 e. The van der Waals surface area contributed by atoms with Gasteiger partial charge in [0.2, 0.25) is 5.91 Å². The predicted octanol–water partition coefficient (Wildman–Crippen LogP) is 7.69. The van der Waals surface area contributed by atoms with Crippen LogP contribution in [-0.2, 0) is 11.4 Å². The maximum atomic E-state index is 12.4. The Morgan fingerprint density at radius 2 is 1.81 bits per heavy atom. The van der Waals surface area contributed by atoms with Gasteiger partial charge in [0.1, 0.15) is 6.61 Å². The van der Waals surface area contributed by atoms with Crippen molar-refractivity contribution in [3.05, 3.63) is 91.9 Å². The van der Waals surface area contributed by atoms with Crippen LogP contribution in [0.2, 0.25) is 10.0 Å². The van der Waals surface area contributed by atoms with Crippen molar-refractivity contribution >= 4 is 56.8 Å². The van der Waals surface area contributed by atoms with Crippen LogP contribution in [0.25, 0.3) is 6.08 Å². The first kappa shape index (κ1) is 24.2. The summed E-state index contributed by atoms with van der Waals surface area (Å²) in [5, 5.41) is 4.08. The summed E-state index contributed by atoms with van der Waals surface area (Å²) >= 11 is 15.9. The molecule has 0 aliphatic carbocycles. The van der Waals surface area contributed by atoms with E-state index in [2.05, 4.69) is 21.2 Å². The number of rotatable bonds is 8. The van der Waals surface area contributed by atoms with Crippen LogP contribution in [0, 0.1) is 6.92 Å². The minimum absolute atomic E-state index is 0.261. The lowest BCUT2D eigenvalue weighted by molar-refractivity contribution is -0.111. The van der Waals surface area contributed by atoms with Crippen LogP contribution in [0.15, 0.2) is 65.1 Å². The fourth-order valence-electron chi connectivity index (χ4n) is 2.94. The maximum absolute atomic E-state index is 12.4. The largest absolute Gasteiger partial charge is 0.490 e. The number of halogens is 3. The Morgan fingerprint density at radius 3 is 2.56 bits per heavy atom. The van der Waals surface area contributed by atoms with E-state index in [1.165, 1.54) is 6.08 Å². The molecule has 3 aromatic rings. The number of hydrogen-bond acceptors (Lipinski definition) is 3. The van der Waals surface area contributed by atoms with Crippen molar-refractivity contribution in [1.82, 2.24) is 0 Å². The summed E-state index contributed by atoms with van der Waals surface area (Å²) in [5.74, 6) is 0.881. The summed E-state index contributed by atoms with van der Waals surface area (Å²) in [4.78, 5) is 12.4. The van der Waals surface area contributed by atoms with E-state index in [1.807, 2.05) is 56.3 Å². The van der Waals surface area contributed by atoms with Crippen molar-refractivity contribution in [1.29, 1.82) is 0 Å². The molecule has 0 heterocycles. The Morgan fingerprint density at radius 1 is 1.06 bits per heavy atom. The first-order valence-corrected chi connectivity index (χ1v) is 11.5. The van der Waals surface area contributed by atoms with E-state index in [0.717, 1.165) is 16.7 Å². The van der Waals surface area contributed by atoms with Gasteiger partial charge in [0.25, 0.3) is 0 Å². The Kier molecular flexibility index (Phi) is 8.62. The molecule has 0 saturated heterocycles. The molecular formula is C25H22BrCl2NO3. The molecule has 0 spiro atoms. The Bertz CT molecular complexity index is 1150. The minimum Gasteiger partial charge on any atom is -0.490 e. The molecule has 32 heavy (non-hydrogen) atoms. The highest BCUT2D eigenvalue weighted by Gasteiger charge is 2.13. The van der Waals surface area contributed by atoms with Crippen LogP contribution in [0.3, 0.4) is 0 Å². The first-order valence-electron chi connectivity index (χ1n) is 9.95. The number of nitrogens with one attached hydrogen (secondary N) is 1. The molecular weight excluding hydrogens is 513 g/mol. The summed E-state index contributed by atoms with van der Waals surface area (Å²) in [7, 11) is 0. The number of carbonyl (C=O) groups excluding carboxylic acids is 1. The number of carbonyl (C=O) groups is 1. The van der Waals surface area contributed by atoms with Crippen LogP contribution >= 0.6 is 39.1 Å². The van der Waals surface area contributed by atoms with Crippen LogP contribution in [0.5, 0.6) is 11.5 Å². The molecule has 0 bridgehead atoms. The summed E-state index contributed by atoms with van der Waals surface area (Å²) in [6.45, 7) is 4.52. The molecule has 1 N–H and O–H groups in total. The molecule has 1 amide bonds. The number of benzene rings is 3. The van der Waals surface area contributed by atoms with Crippen molar-refractivity contribution in [3.8, 4) is 11.5 Å². The number of amides is 1. The highest BCUT2D eigenvalue weighted by molar-refractivity contribution is 9.10. The van der Waals surface area contributed by atoms with Gasteiger partial charge in [0, 0.05) is 27.4 Å². The van der Waals surface area contributed by atoms with Gasteiger partial charge in [-0.15, -0.1) is 0 Å². The Hall–Kier alpha value is -2.47. The van der Waals surface area contributed by atoms with Gasteiger partial charge >= 0.3 is 0 Å². The maximum Gasteiger partial charge on any atom is 0.248 e. The third-order valence-corrected chi connectivity index (χ3v) is 5.98. The number of ether oxygens (including phenoxy) is 2. The monoisotopic (exact) mass is 533 g/mol. The van der Waals surface area contributed by atoms with Crippen molar-refractivity contribution in [2.45, 2.75) is 20.5 Å². The fourth-order valence-corrected chi connectivity index (χ4v) is 3.88. The average Bonchev–Trinajstić information content (AvgIpc) is 2.76. The van der Waals surface area contributed by atoms with Crippen LogP contribution in [0.4, 0.5) is 5.69 Å². The first-order chi connectivity index (χ1) is 15.4. The zero-order valence-electron chi connectivity index (χ0n) is 17.6. The molecule has 0 aliphatic heterocycles. The molecule has 0 unspecified atom stereocenters. The van der Waals surface area contributed by atoms with Gasteiger partial charge in [-0.3, -0.25) is 4.79 Å². The fraction of sp³-hybridized carbons (Fsp3) is 0.160. The summed E-state index contributed by atoms with van der Waals surface area (Å²) < 4.78 is 12.5.